The summed E-state index contributed by atoms with van der Waals surface area (Å²) in [5, 5.41) is 15.0. The maximum Gasteiger partial charge on any atom is 0.0703 e. The molecule has 0 amide bonds. The van der Waals surface area contributed by atoms with Crippen molar-refractivity contribution in [2.45, 2.75) is 0 Å². The number of rotatable bonds is 9. The molecule has 27 rings (SSSR count). The average Bonchev–Trinajstić information content (AvgIpc) is 1.55. The van der Waals surface area contributed by atoms with Gasteiger partial charge in [0.05, 0.1) is 82.8 Å². The first-order chi connectivity index (χ1) is 65.5. The monoisotopic (exact) mass is 1680 g/mol. The van der Waals surface area contributed by atoms with Crippen LogP contribution in [0.25, 0.3) is 231 Å². The van der Waals surface area contributed by atoms with E-state index < -0.39 is 0 Å². The van der Waals surface area contributed by atoms with Crippen LogP contribution in [0.4, 0.5) is 0 Å². The van der Waals surface area contributed by atoms with Gasteiger partial charge >= 0.3 is 0 Å². The zero-order chi connectivity index (χ0) is 87.1. The first-order valence-electron chi connectivity index (χ1n) is 45.4. The Bertz CT molecular complexity index is 9240. The molecule has 27 aromatic rings. The SMILES string of the molecule is c1ccc(-c2cc(-c3ccccc3)cc(-n3c4ccccc4c4cccc5c6ccccc6n(c6ccccc63)c45)c2)cc1.c1ccc(-c2ccc(-c3cc(-c4ccccc4)cc(-n4c5ccccc5c5cccc6c7ccccc7n(c7ccccc74)c56)c3)cc2)cc1.c1ccc(-c2ccc(-n3c4ccccc4c4cccc5c6ccccc6n(c6ccccc63)c45)cc2)cc1. The summed E-state index contributed by atoms with van der Waals surface area (Å²) in [5.74, 6) is 0. The lowest BCUT2D eigenvalue weighted by molar-refractivity contribution is 1.16. The van der Waals surface area contributed by atoms with Crippen LogP contribution < -0.4 is 0 Å². The third-order valence-electron chi connectivity index (χ3n) is 26.7. The fourth-order valence-corrected chi connectivity index (χ4v) is 20.9. The van der Waals surface area contributed by atoms with Gasteiger partial charge in [-0.2, -0.15) is 0 Å². The molecule has 21 aromatic carbocycles. The highest BCUT2D eigenvalue weighted by Crippen LogP contribution is 2.45. The van der Waals surface area contributed by atoms with Crippen LogP contribution >= 0.6 is 0 Å². The normalized spacial score (nSPS) is 11.6. The molecule has 6 heterocycles. The second-order valence-electron chi connectivity index (χ2n) is 34.2. The minimum Gasteiger partial charge on any atom is -0.308 e. The van der Waals surface area contributed by atoms with E-state index in [1.807, 2.05) is 0 Å². The van der Waals surface area contributed by atoms with Crippen LogP contribution in [0.1, 0.15) is 0 Å². The van der Waals surface area contributed by atoms with E-state index in [-0.39, 0.29) is 0 Å². The van der Waals surface area contributed by atoms with E-state index in [0.717, 1.165) is 55.7 Å². The summed E-state index contributed by atoms with van der Waals surface area (Å²) >= 11 is 0. The molecule has 0 atom stereocenters. The summed E-state index contributed by atoms with van der Waals surface area (Å²) < 4.78 is 14.7. The zero-order valence-electron chi connectivity index (χ0n) is 72.2. The lowest BCUT2D eigenvalue weighted by atomic mass is 9.96. The van der Waals surface area contributed by atoms with Crippen molar-refractivity contribution in [3.63, 3.8) is 0 Å². The molecule has 618 valence electrons. The van der Waals surface area contributed by atoms with E-state index >= 15 is 0 Å². The van der Waals surface area contributed by atoms with Crippen molar-refractivity contribution < 1.29 is 0 Å². The van der Waals surface area contributed by atoms with E-state index in [1.54, 1.807) is 0 Å². The van der Waals surface area contributed by atoms with Crippen LogP contribution in [0.5, 0.6) is 0 Å². The summed E-state index contributed by atoms with van der Waals surface area (Å²) in [6, 6.07) is 185. The van der Waals surface area contributed by atoms with Gasteiger partial charge < -0.3 is 26.9 Å². The fourth-order valence-electron chi connectivity index (χ4n) is 20.9. The summed E-state index contributed by atoms with van der Waals surface area (Å²) in [5.41, 5.74) is 35.5. The molecule has 132 heavy (non-hydrogen) atoms. The molecule has 0 saturated carbocycles. The highest BCUT2D eigenvalue weighted by atomic mass is 15.0. The van der Waals surface area contributed by atoms with Crippen molar-refractivity contribution in [1.82, 2.24) is 26.9 Å². The quantitative estimate of drug-likeness (QED) is 0.138. The van der Waals surface area contributed by atoms with Crippen LogP contribution in [-0.4, -0.2) is 26.9 Å². The Morgan fingerprint density at radius 1 is 0.0985 bits per heavy atom. The van der Waals surface area contributed by atoms with Gasteiger partial charge in [-0.15, -0.1) is 0 Å². The van der Waals surface area contributed by atoms with Crippen molar-refractivity contribution in [2.24, 2.45) is 0 Å². The molecular weight excluding hydrogens is 1600 g/mol. The lowest BCUT2D eigenvalue weighted by Crippen LogP contribution is -2.02. The number of fused-ring (bicyclic) bond motifs is 21. The molecule has 0 fully saturated rings. The van der Waals surface area contributed by atoms with Crippen molar-refractivity contribution in [1.29, 1.82) is 0 Å². The zero-order valence-corrected chi connectivity index (χ0v) is 72.2. The maximum atomic E-state index is 2.47. The standard InChI is InChI=1S/C48H32N2.C42H28N2.C36H24N2/c1-3-14-33(15-4-1)35-26-28-36(29-27-35)38-30-37(34-16-5-2-6-17-34)31-39(32-38)49-44-22-9-7-18-40(44)42-20-13-21-43-41-19-8-10-23-45(41)50(48(42)43)47-25-12-11-24-46(47)49;1-3-14-29(15-4-1)31-26-32(30-16-5-2-6-17-30)28-33(27-31)43-38-22-9-7-18-34(38)36-20-13-21-37-35-19-8-10-23-39(35)44(42(36)37)41-25-12-11-24-40(41)43;1-2-11-25(12-3-1)26-21-23-27(24-22-26)37-32-17-6-4-13-28(32)30-15-10-16-31-29-14-5-7-18-33(29)38(36(30)31)35-20-9-8-19-34(35)37/h1-32H;1-28H;1-24H. The molecule has 0 aliphatic heterocycles. The van der Waals surface area contributed by atoms with Gasteiger partial charge in [-0.05, 0) is 188 Å². The molecule has 6 nitrogen and oxygen atoms in total. The summed E-state index contributed by atoms with van der Waals surface area (Å²) in [4.78, 5) is 0. The number of benzene rings is 21. The van der Waals surface area contributed by atoms with Gasteiger partial charge in [-0.25, -0.2) is 0 Å². The molecule has 0 unspecified atom stereocenters. The maximum absolute atomic E-state index is 2.47. The Kier molecular flexibility index (Phi) is 18.8. The van der Waals surface area contributed by atoms with Gasteiger partial charge in [-0.1, -0.05) is 388 Å². The van der Waals surface area contributed by atoms with Gasteiger partial charge in [0.15, 0.2) is 0 Å². The van der Waals surface area contributed by atoms with Crippen LogP contribution in [0.15, 0.2) is 510 Å². The number of para-hydroxylation sites is 15. The molecule has 0 aliphatic carbocycles. The first-order valence-corrected chi connectivity index (χ1v) is 45.4. The van der Waals surface area contributed by atoms with Gasteiger partial charge in [0.1, 0.15) is 0 Å². The van der Waals surface area contributed by atoms with Crippen LogP contribution in [0.3, 0.4) is 0 Å². The summed E-state index contributed by atoms with van der Waals surface area (Å²) in [7, 11) is 0. The summed E-state index contributed by atoms with van der Waals surface area (Å²) in [6.45, 7) is 0. The second-order valence-corrected chi connectivity index (χ2v) is 34.2. The highest BCUT2D eigenvalue weighted by molar-refractivity contribution is 6.24. The van der Waals surface area contributed by atoms with Gasteiger partial charge in [-0.3, -0.25) is 0 Å². The van der Waals surface area contributed by atoms with Crippen LogP contribution in [0, 0.1) is 0 Å². The molecule has 0 N–H and O–H groups in total. The molecule has 0 aliphatic rings. The predicted molar refractivity (Wildman–Crippen MR) is 559 cm³/mol. The molecule has 0 bridgehead atoms. The molecule has 6 aromatic heterocycles. The van der Waals surface area contributed by atoms with E-state index in [4.69, 9.17) is 0 Å². The van der Waals surface area contributed by atoms with Gasteiger partial charge in [0.2, 0.25) is 0 Å². The third kappa shape index (κ3) is 13.0. The smallest absolute Gasteiger partial charge is 0.0703 e. The Morgan fingerprint density at radius 3 is 0.538 bits per heavy atom. The minimum atomic E-state index is 1.11. The van der Waals surface area contributed by atoms with Crippen molar-refractivity contribution in [3.8, 4) is 83.8 Å². The molecule has 0 spiro atoms. The lowest BCUT2D eigenvalue weighted by Gasteiger charge is -2.19. The topological polar surface area (TPSA) is 28.0 Å². The minimum absolute atomic E-state index is 1.11. The molecular formula is C126H84N6. The van der Waals surface area contributed by atoms with Crippen molar-refractivity contribution in [3.05, 3.63) is 510 Å². The fraction of sp³-hybridized carbons (Fsp3) is 0. The molecule has 0 radical (unpaired) electrons. The Morgan fingerprint density at radius 2 is 0.273 bits per heavy atom. The van der Waals surface area contributed by atoms with E-state index in [9.17, 15) is 0 Å². The third-order valence-corrected chi connectivity index (χ3v) is 26.7. The number of hydrogen-bond donors (Lipinski definition) is 0. The van der Waals surface area contributed by atoms with Gasteiger partial charge in [0, 0.05) is 81.7 Å². The average molecular weight is 1680 g/mol. The molecule has 0 saturated heterocycles. The van der Waals surface area contributed by atoms with Crippen LogP contribution in [-0.2, 0) is 0 Å². The largest absolute Gasteiger partial charge is 0.308 e. The number of aromatic nitrogens is 6. The predicted octanol–water partition coefficient (Wildman–Crippen LogP) is 33.7. The van der Waals surface area contributed by atoms with E-state index in [1.165, 1.54) is 176 Å². The molecule has 6 heteroatoms. The Hall–Kier alpha value is -17.6. The van der Waals surface area contributed by atoms with Crippen LogP contribution in [0.2, 0.25) is 0 Å². The first kappa shape index (κ1) is 76.8. The highest BCUT2D eigenvalue weighted by Gasteiger charge is 2.23. The van der Waals surface area contributed by atoms with Crippen molar-refractivity contribution >= 4 is 147 Å². The van der Waals surface area contributed by atoms with Gasteiger partial charge in [0.25, 0.3) is 0 Å². The number of hydrogen-bond acceptors (Lipinski definition) is 0. The Labute approximate surface area is 762 Å². The van der Waals surface area contributed by atoms with E-state index in [2.05, 4.69) is 536 Å². The van der Waals surface area contributed by atoms with Crippen molar-refractivity contribution in [2.75, 3.05) is 0 Å². The summed E-state index contributed by atoms with van der Waals surface area (Å²) in [6.07, 6.45) is 0. The van der Waals surface area contributed by atoms with E-state index in [0.29, 0.717) is 0 Å². The number of nitrogens with zero attached hydrogens (tertiary/aromatic N) is 6. The Balaban J connectivity index is 0.000000107. The second kappa shape index (κ2) is 32.4.